The number of nitrogens with zero attached hydrogens (tertiary/aromatic N) is 3. The Morgan fingerprint density at radius 3 is 2.88 bits per heavy atom. The minimum absolute atomic E-state index is 0.157. The van der Waals surface area contributed by atoms with E-state index in [1.54, 1.807) is 0 Å². The van der Waals surface area contributed by atoms with Crippen molar-refractivity contribution in [3.8, 4) is 0 Å². The van der Waals surface area contributed by atoms with E-state index in [0.29, 0.717) is 12.0 Å². The summed E-state index contributed by atoms with van der Waals surface area (Å²) in [5.41, 5.74) is 1.95. The Bertz CT molecular complexity index is 764. The number of aromatic nitrogens is 1. The van der Waals surface area contributed by atoms with Crippen molar-refractivity contribution in [1.29, 1.82) is 0 Å². The van der Waals surface area contributed by atoms with Crippen molar-refractivity contribution in [3.63, 3.8) is 0 Å². The van der Waals surface area contributed by atoms with Gasteiger partial charge in [-0.3, -0.25) is 4.79 Å². The molecule has 0 radical (unpaired) electrons. The van der Waals surface area contributed by atoms with E-state index < -0.39 is 0 Å². The van der Waals surface area contributed by atoms with Gasteiger partial charge in [0.2, 0.25) is 0 Å². The van der Waals surface area contributed by atoms with Gasteiger partial charge in [-0.05, 0) is 62.9 Å². The van der Waals surface area contributed by atoms with Crippen LogP contribution in [-0.2, 0) is 7.05 Å². The number of piperidine rings is 2. The summed E-state index contributed by atoms with van der Waals surface area (Å²) in [6, 6.07) is 8.78. The Labute approximate surface area is 150 Å². The summed E-state index contributed by atoms with van der Waals surface area (Å²) in [6.45, 7) is 3.38. The zero-order chi connectivity index (χ0) is 17.4. The first-order chi connectivity index (χ1) is 12.1. The second-order valence-electron chi connectivity index (χ2n) is 7.85. The standard InChI is InChI=1S/C21H29N3O/c1-22-14-11-17-18(8-5-10-20(17)22)21(25)23(2)15-16-7-6-13-24-12-4-3-9-19(16)24/h5,8,10-11,14,16,19H,3-4,6-7,9,12-13,15H2,1-2H3. The van der Waals surface area contributed by atoms with Crippen LogP contribution in [0.2, 0.25) is 0 Å². The van der Waals surface area contributed by atoms with Crippen LogP contribution in [0.3, 0.4) is 0 Å². The number of hydrogen-bond donors (Lipinski definition) is 0. The third-order valence-electron chi connectivity index (χ3n) is 6.24. The normalized spacial score (nSPS) is 24.2. The second-order valence-corrected chi connectivity index (χ2v) is 7.85. The molecule has 2 unspecified atom stereocenters. The van der Waals surface area contributed by atoms with Crippen LogP contribution in [0, 0.1) is 5.92 Å². The van der Waals surface area contributed by atoms with Crippen LogP contribution in [0.4, 0.5) is 0 Å². The average Bonchev–Trinajstić information content (AvgIpc) is 3.03. The van der Waals surface area contributed by atoms with E-state index in [2.05, 4.69) is 21.6 Å². The minimum atomic E-state index is 0.157. The van der Waals surface area contributed by atoms with Gasteiger partial charge in [-0.25, -0.2) is 0 Å². The SMILES string of the molecule is CN(CC1CCCN2CCCCC12)C(=O)c1cccc2c1ccn2C. The van der Waals surface area contributed by atoms with Crippen LogP contribution in [-0.4, -0.2) is 53.0 Å². The third-order valence-corrected chi connectivity index (χ3v) is 6.24. The van der Waals surface area contributed by atoms with Crippen molar-refractivity contribution >= 4 is 16.8 Å². The predicted molar refractivity (Wildman–Crippen MR) is 102 cm³/mol. The fraction of sp³-hybridized carbons (Fsp3) is 0.571. The predicted octanol–water partition coefficient (Wildman–Crippen LogP) is 3.51. The summed E-state index contributed by atoms with van der Waals surface area (Å²) in [5.74, 6) is 0.780. The molecule has 2 aliphatic rings. The van der Waals surface area contributed by atoms with Crippen LogP contribution < -0.4 is 0 Å². The summed E-state index contributed by atoms with van der Waals surface area (Å²) < 4.78 is 2.08. The Morgan fingerprint density at radius 2 is 2.00 bits per heavy atom. The molecule has 0 bridgehead atoms. The average molecular weight is 339 g/mol. The Hall–Kier alpha value is -1.81. The fourth-order valence-corrected chi connectivity index (χ4v) is 4.92. The zero-order valence-electron chi connectivity index (χ0n) is 15.4. The van der Waals surface area contributed by atoms with Crippen molar-refractivity contribution in [2.45, 2.75) is 38.1 Å². The van der Waals surface area contributed by atoms with Crippen molar-refractivity contribution in [1.82, 2.24) is 14.4 Å². The number of carbonyl (C=O) groups is 1. The van der Waals surface area contributed by atoms with Crippen LogP contribution in [0.15, 0.2) is 30.5 Å². The molecule has 4 heteroatoms. The van der Waals surface area contributed by atoms with E-state index in [1.165, 1.54) is 45.2 Å². The molecule has 4 nitrogen and oxygen atoms in total. The number of fused-ring (bicyclic) bond motifs is 2. The van der Waals surface area contributed by atoms with Crippen molar-refractivity contribution < 1.29 is 4.79 Å². The lowest BCUT2D eigenvalue weighted by Crippen LogP contribution is -2.51. The minimum Gasteiger partial charge on any atom is -0.351 e. The Morgan fingerprint density at radius 1 is 1.16 bits per heavy atom. The van der Waals surface area contributed by atoms with E-state index in [-0.39, 0.29) is 5.91 Å². The topological polar surface area (TPSA) is 28.5 Å². The number of aryl methyl sites for hydroxylation is 1. The first kappa shape index (κ1) is 16.6. The van der Waals surface area contributed by atoms with E-state index >= 15 is 0 Å². The van der Waals surface area contributed by atoms with Gasteiger partial charge in [-0.15, -0.1) is 0 Å². The van der Waals surface area contributed by atoms with Gasteiger partial charge in [0.15, 0.2) is 0 Å². The van der Waals surface area contributed by atoms with E-state index in [1.807, 2.05) is 37.3 Å². The molecule has 2 atom stereocenters. The number of hydrogen-bond acceptors (Lipinski definition) is 2. The van der Waals surface area contributed by atoms with Crippen LogP contribution >= 0.6 is 0 Å². The molecule has 0 N–H and O–H groups in total. The van der Waals surface area contributed by atoms with E-state index in [4.69, 9.17) is 0 Å². The van der Waals surface area contributed by atoms with E-state index in [9.17, 15) is 4.79 Å². The highest BCUT2D eigenvalue weighted by Gasteiger charge is 2.34. The molecule has 3 heterocycles. The maximum Gasteiger partial charge on any atom is 0.254 e. The van der Waals surface area contributed by atoms with Gasteiger partial charge in [0, 0.05) is 49.3 Å². The molecule has 134 valence electrons. The lowest BCUT2D eigenvalue weighted by atomic mass is 9.83. The van der Waals surface area contributed by atoms with Gasteiger partial charge in [-0.1, -0.05) is 12.5 Å². The molecule has 0 spiro atoms. The van der Waals surface area contributed by atoms with Crippen molar-refractivity contribution in [2.24, 2.45) is 13.0 Å². The molecule has 4 rings (SSSR count). The van der Waals surface area contributed by atoms with Gasteiger partial charge in [0.25, 0.3) is 5.91 Å². The smallest absolute Gasteiger partial charge is 0.254 e. The monoisotopic (exact) mass is 339 g/mol. The molecule has 2 aromatic rings. The van der Waals surface area contributed by atoms with Gasteiger partial charge in [0.05, 0.1) is 0 Å². The van der Waals surface area contributed by atoms with Gasteiger partial charge in [-0.2, -0.15) is 0 Å². The summed E-state index contributed by atoms with van der Waals surface area (Å²) in [6.07, 6.45) is 8.56. The highest BCUT2D eigenvalue weighted by atomic mass is 16.2. The van der Waals surface area contributed by atoms with Crippen molar-refractivity contribution in [2.75, 3.05) is 26.7 Å². The van der Waals surface area contributed by atoms with Crippen LogP contribution in [0.1, 0.15) is 42.5 Å². The van der Waals surface area contributed by atoms with Crippen molar-refractivity contribution in [3.05, 3.63) is 36.0 Å². The lowest BCUT2D eigenvalue weighted by molar-refractivity contribution is 0.0403. The lowest BCUT2D eigenvalue weighted by Gasteiger charge is -2.45. The maximum atomic E-state index is 13.1. The fourth-order valence-electron chi connectivity index (χ4n) is 4.92. The van der Waals surface area contributed by atoms with Crippen LogP contribution in [0.5, 0.6) is 0 Å². The molecule has 0 saturated carbocycles. The highest BCUT2D eigenvalue weighted by Crippen LogP contribution is 2.31. The Balaban J connectivity index is 1.52. The largest absolute Gasteiger partial charge is 0.351 e. The number of rotatable bonds is 3. The maximum absolute atomic E-state index is 13.1. The molecule has 0 aliphatic carbocycles. The number of benzene rings is 1. The van der Waals surface area contributed by atoms with Crippen LogP contribution in [0.25, 0.3) is 10.9 Å². The molecular weight excluding hydrogens is 310 g/mol. The quantitative estimate of drug-likeness (QED) is 0.856. The number of amides is 1. The van der Waals surface area contributed by atoms with Gasteiger partial charge in [0.1, 0.15) is 0 Å². The molecule has 2 fully saturated rings. The molecule has 2 aliphatic heterocycles. The summed E-state index contributed by atoms with van der Waals surface area (Å²) in [7, 11) is 4.01. The molecule has 1 amide bonds. The summed E-state index contributed by atoms with van der Waals surface area (Å²) in [4.78, 5) is 17.7. The first-order valence-electron chi connectivity index (χ1n) is 9.68. The molecule has 25 heavy (non-hydrogen) atoms. The molecule has 1 aromatic carbocycles. The molecule has 1 aromatic heterocycles. The summed E-state index contributed by atoms with van der Waals surface area (Å²) >= 11 is 0. The second kappa shape index (κ2) is 6.83. The third kappa shape index (κ3) is 3.08. The van der Waals surface area contributed by atoms with Gasteiger partial charge < -0.3 is 14.4 Å². The Kier molecular flexibility index (Phi) is 4.55. The zero-order valence-corrected chi connectivity index (χ0v) is 15.4. The molecule has 2 saturated heterocycles. The highest BCUT2D eigenvalue weighted by molar-refractivity contribution is 6.06. The number of carbonyl (C=O) groups excluding carboxylic acids is 1. The summed E-state index contributed by atoms with van der Waals surface area (Å²) in [5, 5.41) is 1.06. The molecular formula is C21H29N3O. The van der Waals surface area contributed by atoms with E-state index in [0.717, 1.165) is 23.0 Å². The first-order valence-corrected chi connectivity index (χ1v) is 9.68. The van der Waals surface area contributed by atoms with Gasteiger partial charge >= 0.3 is 0 Å².